The molecule has 0 radical (unpaired) electrons. The number of benzene rings is 2. The maximum absolute atomic E-state index is 9.31. The third kappa shape index (κ3) is 5.02. The van der Waals surface area contributed by atoms with Gasteiger partial charge in [0, 0.05) is 46.5 Å². The summed E-state index contributed by atoms with van der Waals surface area (Å²) in [5.41, 5.74) is 3.07. The SMILES string of the molecule is Cc1cc(Cl)cc(Sc2ccc(C#N)cc2CN2CC(C)NC(C)C2)c1. The van der Waals surface area contributed by atoms with E-state index in [1.54, 1.807) is 11.8 Å². The molecule has 1 saturated heterocycles. The molecule has 2 atom stereocenters. The van der Waals surface area contributed by atoms with Crippen molar-refractivity contribution in [2.45, 2.75) is 49.2 Å². The van der Waals surface area contributed by atoms with Crippen molar-refractivity contribution in [3.63, 3.8) is 0 Å². The van der Waals surface area contributed by atoms with Crippen LogP contribution in [0.1, 0.15) is 30.5 Å². The normalized spacial score (nSPS) is 20.7. The van der Waals surface area contributed by atoms with Crippen molar-refractivity contribution in [3.05, 3.63) is 58.1 Å². The van der Waals surface area contributed by atoms with Gasteiger partial charge in [0.25, 0.3) is 0 Å². The van der Waals surface area contributed by atoms with Gasteiger partial charge in [-0.3, -0.25) is 4.90 Å². The zero-order valence-corrected chi connectivity index (χ0v) is 17.0. The number of aryl methyl sites for hydroxylation is 1. The monoisotopic (exact) mass is 385 g/mol. The highest BCUT2D eigenvalue weighted by atomic mass is 35.5. The third-order valence-corrected chi connectivity index (χ3v) is 5.77. The second kappa shape index (κ2) is 8.45. The quantitative estimate of drug-likeness (QED) is 0.816. The Morgan fingerprint density at radius 3 is 2.58 bits per heavy atom. The summed E-state index contributed by atoms with van der Waals surface area (Å²) >= 11 is 7.94. The number of nitriles is 1. The first-order valence-corrected chi connectivity index (χ1v) is 10.1. The van der Waals surface area contributed by atoms with E-state index in [9.17, 15) is 5.26 Å². The molecule has 1 fully saturated rings. The number of nitrogens with one attached hydrogen (secondary N) is 1. The average Bonchev–Trinajstić information content (AvgIpc) is 2.54. The molecule has 136 valence electrons. The van der Waals surface area contributed by atoms with Gasteiger partial charge < -0.3 is 5.32 Å². The molecule has 0 spiro atoms. The van der Waals surface area contributed by atoms with Crippen LogP contribution in [0.4, 0.5) is 0 Å². The molecule has 1 N–H and O–H groups in total. The van der Waals surface area contributed by atoms with Gasteiger partial charge in [0.1, 0.15) is 0 Å². The molecule has 5 heteroatoms. The van der Waals surface area contributed by atoms with Crippen LogP contribution in [0.3, 0.4) is 0 Å². The summed E-state index contributed by atoms with van der Waals surface area (Å²) in [4.78, 5) is 4.78. The Balaban J connectivity index is 1.86. The van der Waals surface area contributed by atoms with Crippen LogP contribution in [0, 0.1) is 18.3 Å². The van der Waals surface area contributed by atoms with Gasteiger partial charge in [0.2, 0.25) is 0 Å². The summed E-state index contributed by atoms with van der Waals surface area (Å²) < 4.78 is 0. The minimum atomic E-state index is 0.476. The first-order chi connectivity index (χ1) is 12.4. The first-order valence-electron chi connectivity index (χ1n) is 8.89. The van der Waals surface area contributed by atoms with E-state index >= 15 is 0 Å². The second-order valence-electron chi connectivity index (χ2n) is 7.16. The Labute approximate surface area is 165 Å². The zero-order valence-electron chi connectivity index (χ0n) is 15.4. The largest absolute Gasteiger partial charge is 0.309 e. The van der Waals surface area contributed by atoms with E-state index in [1.165, 1.54) is 10.5 Å². The second-order valence-corrected chi connectivity index (χ2v) is 8.72. The molecule has 1 aliphatic heterocycles. The highest BCUT2D eigenvalue weighted by Gasteiger charge is 2.22. The van der Waals surface area contributed by atoms with Gasteiger partial charge in [-0.1, -0.05) is 23.4 Å². The van der Waals surface area contributed by atoms with Crippen molar-refractivity contribution in [2.75, 3.05) is 13.1 Å². The maximum atomic E-state index is 9.31. The summed E-state index contributed by atoms with van der Waals surface area (Å²) in [5.74, 6) is 0. The molecule has 2 aromatic rings. The average molecular weight is 386 g/mol. The first kappa shape index (κ1) is 19.3. The number of hydrogen-bond acceptors (Lipinski definition) is 4. The highest BCUT2D eigenvalue weighted by molar-refractivity contribution is 7.99. The molecular weight excluding hydrogens is 362 g/mol. The van der Waals surface area contributed by atoms with Crippen LogP contribution in [0.2, 0.25) is 5.02 Å². The molecule has 2 aromatic carbocycles. The van der Waals surface area contributed by atoms with Crippen LogP contribution in [-0.2, 0) is 6.54 Å². The number of nitrogens with zero attached hydrogens (tertiary/aromatic N) is 2. The van der Waals surface area contributed by atoms with Gasteiger partial charge in [0.05, 0.1) is 11.6 Å². The Morgan fingerprint density at radius 1 is 1.19 bits per heavy atom. The van der Waals surface area contributed by atoms with E-state index in [0.29, 0.717) is 17.6 Å². The standard InChI is InChI=1S/C21H24ClN3S/c1-14-6-19(22)9-20(7-14)26-21-5-4-17(10-23)8-18(21)13-25-11-15(2)24-16(3)12-25/h4-9,15-16,24H,11-13H2,1-3H3. The summed E-state index contributed by atoms with van der Waals surface area (Å²) in [7, 11) is 0. The van der Waals surface area contributed by atoms with Crippen molar-refractivity contribution in [1.82, 2.24) is 10.2 Å². The summed E-state index contributed by atoms with van der Waals surface area (Å²) in [6, 6.07) is 15.3. The van der Waals surface area contributed by atoms with Crippen molar-refractivity contribution in [1.29, 1.82) is 5.26 Å². The van der Waals surface area contributed by atoms with Crippen LogP contribution >= 0.6 is 23.4 Å². The molecular formula is C21H24ClN3S. The van der Waals surface area contributed by atoms with Gasteiger partial charge in [-0.15, -0.1) is 0 Å². The molecule has 2 unspecified atom stereocenters. The van der Waals surface area contributed by atoms with E-state index in [4.69, 9.17) is 11.6 Å². The Kier molecular flexibility index (Phi) is 6.26. The van der Waals surface area contributed by atoms with Gasteiger partial charge >= 0.3 is 0 Å². The van der Waals surface area contributed by atoms with Crippen molar-refractivity contribution < 1.29 is 0 Å². The predicted molar refractivity (Wildman–Crippen MR) is 109 cm³/mol. The smallest absolute Gasteiger partial charge is 0.0991 e. The maximum Gasteiger partial charge on any atom is 0.0991 e. The number of piperazine rings is 1. The van der Waals surface area contributed by atoms with Crippen LogP contribution in [0.15, 0.2) is 46.2 Å². The summed E-state index contributed by atoms with van der Waals surface area (Å²) in [6.45, 7) is 9.38. The molecule has 0 bridgehead atoms. The molecule has 1 heterocycles. The van der Waals surface area contributed by atoms with E-state index < -0.39 is 0 Å². The van der Waals surface area contributed by atoms with Crippen molar-refractivity contribution >= 4 is 23.4 Å². The minimum absolute atomic E-state index is 0.476. The lowest BCUT2D eigenvalue weighted by Crippen LogP contribution is -2.53. The number of rotatable bonds is 4. The van der Waals surface area contributed by atoms with E-state index in [2.05, 4.69) is 49.2 Å². The van der Waals surface area contributed by atoms with E-state index in [0.717, 1.165) is 35.1 Å². The molecule has 26 heavy (non-hydrogen) atoms. The van der Waals surface area contributed by atoms with Crippen LogP contribution in [0.25, 0.3) is 0 Å². The van der Waals surface area contributed by atoms with E-state index in [1.807, 2.05) is 24.3 Å². The lowest BCUT2D eigenvalue weighted by molar-refractivity contribution is 0.165. The van der Waals surface area contributed by atoms with Crippen molar-refractivity contribution in [2.24, 2.45) is 0 Å². The third-order valence-electron chi connectivity index (χ3n) is 4.46. The molecule has 3 nitrogen and oxygen atoms in total. The lowest BCUT2D eigenvalue weighted by Gasteiger charge is -2.36. The molecule has 3 rings (SSSR count). The number of halogens is 1. The Hall–Kier alpha value is -1.51. The minimum Gasteiger partial charge on any atom is -0.309 e. The highest BCUT2D eigenvalue weighted by Crippen LogP contribution is 2.34. The van der Waals surface area contributed by atoms with Crippen LogP contribution in [0.5, 0.6) is 0 Å². The van der Waals surface area contributed by atoms with Gasteiger partial charge in [-0.05, 0) is 68.3 Å². The topological polar surface area (TPSA) is 39.1 Å². The van der Waals surface area contributed by atoms with Gasteiger partial charge in [-0.2, -0.15) is 5.26 Å². The van der Waals surface area contributed by atoms with Crippen molar-refractivity contribution in [3.8, 4) is 6.07 Å². The number of hydrogen-bond donors (Lipinski definition) is 1. The predicted octanol–water partition coefficient (Wildman–Crippen LogP) is 4.85. The summed E-state index contributed by atoms with van der Waals surface area (Å²) in [5, 5.41) is 13.6. The fraction of sp³-hybridized carbons (Fsp3) is 0.381. The molecule has 0 saturated carbocycles. The fourth-order valence-electron chi connectivity index (χ4n) is 3.57. The Morgan fingerprint density at radius 2 is 1.92 bits per heavy atom. The van der Waals surface area contributed by atoms with Gasteiger partial charge in [0.15, 0.2) is 0 Å². The summed E-state index contributed by atoms with van der Waals surface area (Å²) in [6.07, 6.45) is 0. The molecule has 0 aromatic heterocycles. The molecule has 0 amide bonds. The van der Waals surface area contributed by atoms with Gasteiger partial charge in [-0.25, -0.2) is 0 Å². The molecule has 1 aliphatic rings. The Bertz CT molecular complexity index is 800. The zero-order chi connectivity index (χ0) is 18.7. The fourth-order valence-corrected chi connectivity index (χ4v) is 5.00. The molecule has 0 aliphatic carbocycles. The van der Waals surface area contributed by atoms with Crippen LogP contribution < -0.4 is 5.32 Å². The van der Waals surface area contributed by atoms with Crippen LogP contribution in [-0.4, -0.2) is 30.1 Å². The lowest BCUT2D eigenvalue weighted by atomic mass is 10.1. The van der Waals surface area contributed by atoms with E-state index in [-0.39, 0.29) is 0 Å².